The molecule has 0 unspecified atom stereocenters. The molecule has 0 saturated carbocycles. The third-order valence-electron chi connectivity index (χ3n) is 1.50. The molecule has 80 valence electrons. The number of aliphatic hydroxyl groups is 1. The summed E-state index contributed by atoms with van der Waals surface area (Å²) in [6, 6.07) is 0. The molecule has 1 heterocycles. The molecule has 0 amide bonds. The Balaban J connectivity index is 2.45. The van der Waals surface area contributed by atoms with Gasteiger partial charge in [-0.15, -0.1) is 10.2 Å². The Morgan fingerprint density at radius 2 is 2.14 bits per heavy atom. The van der Waals surface area contributed by atoms with Gasteiger partial charge < -0.3 is 5.11 Å². The van der Waals surface area contributed by atoms with E-state index in [1.165, 1.54) is 11.3 Å². The van der Waals surface area contributed by atoms with E-state index in [0.717, 1.165) is 5.01 Å². The van der Waals surface area contributed by atoms with Crippen LogP contribution in [0, 0.1) is 0 Å². The molecule has 1 aromatic rings. The fraction of sp³-hybridized carbons (Fsp3) is 0.750. The van der Waals surface area contributed by atoms with E-state index in [0.29, 0.717) is 17.6 Å². The van der Waals surface area contributed by atoms with Crippen LogP contribution in [0.5, 0.6) is 0 Å². The summed E-state index contributed by atoms with van der Waals surface area (Å²) in [5.41, 5.74) is -0.691. The second kappa shape index (κ2) is 4.53. The number of halogens is 1. The minimum Gasteiger partial charge on any atom is -0.389 e. The van der Waals surface area contributed by atoms with Crippen LogP contribution in [0.4, 0.5) is 0 Å². The normalized spacial score (nSPS) is 12.4. The second-order valence-corrected chi connectivity index (χ2v) is 5.58. The van der Waals surface area contributed by atoms with Gasteiger partial charge in [-0.2, -0.15) is 0 Å². The van der Waals surface area contributed by atoms with Crippen molar-refractivity contribution in [3.8, 4) is 0 Å². The molecule has 0 aliphatic carbocycles. The maximum atomic E-state index is 9.57. The second-order valence-electron chi connectivity index (χ2n) is 3.93. The van der Waals surface area contributed by atoms with Crippen LogP contribution in [0.25, 0.3) is 0 Å². The van der Waals surface area contributed by atoms with Crippen LogP contribution in [-0.4, -0.2) is 39.4 Å². The summed E-state index contributed by atoms with van der Waals surface area (Å²) in [5.74, 6) is 0. The summed E-state index contributed by atoms with van der Waals surface area (Å²) in [7, 11) is 1.92. The van der Waals surface area contributed by atoms with Crippen molar-refractivity contribution in [2.24, 2.45) is 0 Å². The fourth-order valence-electron chi connectivity index (χ4n) is 1.24. The van der Waals surface area contributed by atoms with Gasteiger partial charge in [-0.05, 0) is 32.5 Å². The molecule has 0 aromatic carbocycles. The Kier molecular flexibility index (Phi) is 3.83. The third kappa shape index (κ3) is 4.32. The molecule has 0 radical (unpaired) electrons. The van der Waals surface area contributed by atoms with E-state index in [1.54, 1.807) is 13.8 Å². The van der Waals surface area contributed by atoms with Crippen LogP contribution in [0.3, 0.4) is 0 Å². The summed E-state index contributed by atoms with van der Waals surface area (Å²) in [6.45, 7) is 4.80. The lowest BCUT2D eigenvalue weighted by molar-refractivity contribution is 0.0424. The minimum absolute atomic E-state index is 0.455. The first-order valence-corrected chi connectivity index (χ1v) is 5.45. The van der Waals surface area contributed by atoms with Crippen LogP contribution < -0.4 is 0 Å². The molecule has 1 aromatic heterocycles. The maximum absolute atomic E-state index is 9.57. The van der Waals surface area contributed by atoms with Crippen molar-refractivity contribution in [1.29, 1.82) is 0 Å². The molecular weight excluding hydrogens is 222 g/mol. The van der Waals surface area contributed by atoms with E-state index in [1.807, 2.05) is 11.9 Å². The molecular formula is C8H14ClN3OS. The predicted molar refractivity (Wildman–Crippen MR) is 57.6 cm³/mol. The van der Waals surface area contributed by atoms with Gasteiger partial charge in [0.25, 0.3) is 0 Å². The number of rotatable bonds is 4. The molecule has 0 fully saturated rings. The number of hydrogen-bond donors (Lipinski definition) is 1. The number of hydrogen-bond acceptors (Lipinski definition) is 5. The topological polar surface area (TPSA) is 49.2 Å². The smallest absolute Gasteiger partial charge is 0.207 e. The highest BCUT2D eigenvalue weighted by molar-refractivity contribution is 7.15. The SMILES string of the molecule is CN(Cc1nnc(Cl)s1)CC(C)(C)O. The quantitative estimate of drug-likeness (QED) is 0.857. The summed E-state index contributed by atoms with van der Waals surface area (Å²) < 4.78 is 0.455. The molecule has 1 rings (SSSR count). The van der Waals surface area contributed by atoms with Gasteiger partial charge >= 0.3 is 0 Å². The lowest BCUT2D eigenvalue weighted by atomic mass is 10.1. The highest BCUT2D eigenvalue weighted by atomic mass is 35.5. The van der Waals surface area contributed by atoms with Crippen LogP contribution in [0.2, 0.25) is 4.47 Å². The lowest BCUT2D eigenvalue weighted by Gasteiger charge is -2.24. The maximum Gasteiger partial charge on any atom is 0.207 e. The highest BCUT2D eigenvalue weighted by Crippen LogP contribution is 2.16. The summed E-state index contributed by atoms with van der Waals surface area (Å²) in [6.07, 6.45) is 0. The zero-order chi connectivity index (χ0) is 10.8. The largest absolute Gasteiger partial charge is 0.389 e. The van der Waals surface area contributed by atoms with Gasteiger partial charge in [-0.1, -0.05) is 11.3 Å². The van der Waals surface area contributed by atoms with Gasteiger partial charge in [-0.3, -0.25) is 4.90 Å². The molecule has 14 heavy (non-hydrogen) atoms. The Hall–Kier alpha value is -0.230. The average molecular weight is 236 g/mol. The molecule has 0 aliphatic heterocycles. The van der Waals surface area contributed by atoms with E-state index >= 15 is 0 Å². The van der Waals surface area contributed by atoms with Gasteiger partial charge in [0.15, 0.2) is 0 Å². The number of aromatic nitrogens is 2. The molecule has 1 N–H and O–H groups in total. The Morgan fingerprint density at radius 1 is 1.50 bits per heavy atom. The first-order chi connectivity index (χ1) is 6.37. The van der Waals surface area contributed by atoms with Gasteiger partial charge in [0, 0.05) is 6.54 Å². The lowest BCUT2D eigenvalue weighted by Crippen LogP contribution is -2.35. The van der Waals surface area contributed by atoms with Gasteiger partial charge in [-0.25, -0.2) is 0 Å². The highest BCUT2D eigenvalue weighted by Gasteiger charge is 2.16. The molecule has 0 saturated heterocycles. The molecule has 6 heteroatoms. The minimum atomic E-state index is -0.691. The zero-order valence-electron chi connectivity index (χ0n) is 8.49. The van der Waals surface area contributed by atoms with Crippen LogP contribution in [-0.2, 0) is 6.54 Å². The van der Waals surface area contributed by atoms with Crippen molar-refractivity contribution in [2.75, 3.05) is 13.6 Å². The molecule has 0 spiro atoms. The Bertz CT molecular complexity index is 297. The standard InChI is InChI=1S/C8H14ClN3OS/c1-8(2,13)5-12(3)4-6-10-11-7(9)14-6/h13H,4-5H2,1-3H3. The van der Waals surface area contributed by atoms with E-state index in [4.69, 9.17) is 11.6 Å². The van der Waals surface area contributed by atoms with Crippen molar-refractivity contribution in [2.45, 2.75) is 26.0 Å². The number of nitrogens with zero attached hydrogens (tertiary/aromatic N) is 3. The molecule has 0 atom stereocenters. The predicted octanol–water partition coefficient (Wildman–Crippen LogP) is 1.39. The first-order valence-electron chi connectivity index (χ1n) is 4.25. The van der Waals surface area contributed by atoms with E-state index in [9.17, 15) is 5.11 Å². The molecule has 0 aliphatic rings. The number of likely N-dealkylation sites (N-methyl/N-ethyl adjacent to an activating group) is 1. The summed E-state index contributed by atoms with van der Waals surface area (Å²) in [5, 5.41) is 18.0. The first kappa shape index (κ1) is 11.8. The van der Waals surface area contributed by atoms with Gasteiger partial charge in [0.05, 0.1) is 12.1 Å². The van der Waals surface area contributed by atoms with Crippen LogP contribution >= 0.6 is 22.9 Å². The van der Waals surface area contributed by atoms with Gasteiger partial charge in [0.2, 0.25) is 4.47 Å². The van der Waals surface area contributed by atoms with Crippen molar-refractivity contribution < 1.29 is 5.11 Å². The van der Waals surface area contributed by atoms with Crippen molar-refractivity contribution in [3.05, 3.63) is 9.47 Å². The fourth-order valence-corrected chi connectivity index (χ4v) is 2.19. The zero-order valence-corrected chi connectivity index (χ0v) is 10.1. The van der Waals surface area contributed by atoms with E-state index in [2.05, 4.69) is 10.2 Å². The van der Waals surface area contributed by atoms with Gasteiger partial charge in [0.1, 0.15) is 5.01 Å². The van der Waals surface area contributed by atoms with Crippen LogP contribution in [0.15, 0.2) is 0 Å². The Morgan fingerprint density at radius 3 is 2.57 bits per heavy atom. The van der Waals surface area contributed by atoms with Crippen LogP contribution in [0.1, 0.15) is 18.9 Å². The monoisotopic (exact) mass is 235 g/mol. The Labute approximate surface area is 92.5 Å². The van der Waals surface area contributed by atoms with E-state index < -0.39 is 5.60 Å². The molecule has 0 bridgehead atoms. The van der Waals surface area contributed by atoms with Crippen molar-refractivity contribution in [1.82, 2.24) is 15.1 Å². The third-order valence-corrected chi connectivity index (χ3v) is 2.51. The molecule has 4 nitrogen and oxygen atoms in total. The summed E-state index contributed by atoms with van der Waals surface area (Å²) in [4.78, 5) is 1.98. The van der Waals surface area contributed by atoms with Crippen molar-refractivity contribution in [3.63, 3.8) is 0 Å². The van der Waals surface area contributed by atoms with Crippen molar-refractivity contribution >= 4 is 22.9 Å². The summed E-state index contributed by atoms with van der Waals surface area (Å²) >= 11 is 7.02. The average Bonchev–Trinajstić information content (AvgIpc) is 2.30. The van der Waals surface area contributed by atoms with E-state index in [-0.39, 0.29) is 0 Å².